The summed E-state index contributed by atoms with van der Waals surface area (Å²) >= 11 is 0. The number of amides is 1. The second kappa shape index (κ2) is 6.84. The highest BCUT2D eigenvalue weighted by Gasteiger charge is 2.24. The summed E-state index contributed by atoms with van der Waals surface area (Å²) in [6.45, 7) is 0. The molecular formula is C12H13NO7S. The topological polar surface area (TPSA) is 127 Å². The lowest BCUT2D eigenvalue weighted by atomic mass is 10.2. The van der Waals surface area contributed by atoms with Crippen molar-refractivity contribution in [3.05, 3.63) is 29.8 Å². The van der Waals surface area contributed by atoms with Gasteiger partial charge in [-0.15, -0.1) is 0 Å². The smallest absolute Gasteiger partial charge is 0.339 e. The molecule has 0 saturated carbocycles. The number of methoxy groups -OCH3 is 1. The number of sulfonamides is 1. The molecule has 1 amide bonds. The minimum Gasteiger partial charge on any atom is -0.481 e. The number of hydrogen-bond acceptors (Lipinski definition) is 6. The number of carboxylic acid groups (broad SMARTS) is 1. The van der Waals surface area contributed by atoms with Crippen molar-refractivity contribution in [3.8, 4) is 0 Å². The van der Waals surface area contributed by atoms with Crippen molar-refractivity contribution in [2.24, 2.45) is 0 Å². The SMILES string of the molecule is COC(=O)c1ccccc1S(=O)(=O)NC(=O)CCC(=O)O. The number of nitrogens with one attached hydrogen (secondary N) is 1. The van der Waals surface area contributed by atoms with Crippen LogP contribution in [0.25, 0.3) is 0 Å². The molecule has 0 unspecified atom stereocenters. The fourth-order valence-corrected chi connectivity index (χ4v) is 2.67. The number of carbonyl (C=O) groups excluding carboxylic acids is 2. The quantitative estimate of drug-likeness (QED) is 0.715. The average Bonchev–Trinajstić information content (AvgIpc) is 2.44. The summed E-state index contributed by atoms with van der Waals surface area (Å²) in [5, 5.41) is 8.44. The van der Waals surface area contributed by atoms with Gasteiger partial charge in [0.1, 0.15) is 4.90 Å². The molecule has 1 aromatic rings. The van der Waals surface area contributed by atoms with E-state index in [-0.39, 0.29) is 5.56 Å². The van der Waals surface area contributed by atoms with E-state index in [4.69, 9.17) is 5.11 Å². The van der Waals surface area contributed by atoms with Crippen LogP contribution in [0.15, 0.2) is 29.2 Å². The standard InChI is InChI=1S/C12H13NO7S/c1-20-12(17)8-4-2-3-5-9(8)21(18,19)13-10(14)6-7-11(15)16/h2-5H,6-7H2,1H3,(H,13,14)(H,15,16). The van der Waals surface area contributed by atoms with Gasteiger partial charge in [-0.3, -0.25) is 9.59 Å². The molecule has 0 fully saturated rings. The van der Waals surface area contributed by atoms with Crippen LogP contribution in [0, 0.1) is 0 Å². The molecule has 0 saturated heterocycles. The molecule has 0 aliphatic carbocycles. The van der Waals surface area contributed by atoms with E-state index in [0.717, 1.165) is 13.2 Å². The molecule has 21 heavy (non-hydrogen) atoms. The third-order valence-corrected chi connectivity index (χ3v) is 3.83. The minimum absolute atomic E-state index is 0.224. The highest BCUT2D eigenvalue weighted by molar-refractivity contribution is 7.90. The van der Waals surface area contributed by atoms with Crippen molar-refractivity contribution >= 4 is 27.9 Å². The van der Waals surface area contributed by atoms with Crippen molar-refractivity contribution in [1.29, 1.82) is 0 Å². The lowest BCUT2D eigenvalue weighted by molar-refractivity contribution is -0.138. The van der Waals surface area contributed by atoms with Crippen LogP contribution in [0.3, 0.4) is 0 Å². The third kappa shape index (κ3) is 4.56. The zero-order valence-electron chi connectivity index (χ0n) is 11.0. The Balaban J connectivity index is 3.01. The Bertz CT molecular complexity index is 666. The molecule has 0 aliphatic rings. The Morgan fingerprint density at radius 2 is 1.81 bits per heavy atom. The Morgan fingerprint density at radius 1 is 1.19 bits per heavy atom. The molecule has 8 nitrogen and oxygen atoms in total. The largest absolute Gasteiger partial charge is 0.481 e. The normalized spacial score (nSPS) is 10.7. The summed E-state index contributed by atoms with van der Waals surface area (Å²) in [6, 6.07) is 5.20. The van der Waals surface area contributed by atoms with E-state index in [2.05, 4.69) is 4.74 Å². The van der Waals surface area contributed by atoms with Crippen molar-refractivity contribution in [3.63, 3.8) is 0 Å². The number of rotatable bonds is 6. The van der Waals surface area contributed by atoms with Crippen molar-refractivity contribution in [2.75, 3.05) is 7.11 Å². The molecule has 114 valence electrons. The van der Waals surface area contributed by atoms with Gasteiger partial charge in [-0.25, -0.2) is 17.9 Å². The lowest BCUT2D eigenvalue weighted by Gasteiger charge is -2.09. The Hall–Kier alpha value is -2.42. The van der Waals surface area contributed by atoms with Crippen LogP contribution >= 0.6 is 0 Å². The van der Waals surface area contributed by atoms with Crippen molar-refractivity contribution < 1.29 is 32.6 Å². The van der Waals surface area contributed by atoms with Crippen LogP contribution < -0.4 is 4.72 Å². The first kappa shape index (κ1) is 16.6. The van der Waals surface area contributed by atoms with E-state index in [0.29, 0.717) is 0 Å². The van der Waals surface area contributed by atoms with Crippen LogP contribution in [0.4, 0.5) is 0 Å². The minimum atomic E-state index is -4.29. The van der Waals surface area contributed by atoms with Gasteiger partial charge in [-0.1, -0.05) is 12.1 Å². The van der Waals surface area contributed by atoms with Gasteiger partial charge in [0.05, 0.1) is 19.1 Å². The van der Waals surface area contributed by atoms with E-state index < -0.39 is 45.6 Å². The van der Waals surface area contributed by atoms with Crippen molar-refractivity contribution in [2.45, 2.75) is 17.7 Å². The summed E-state index contributed by atoms with van der Waals surface area (Å²) in [5.41, 5.74) is -0.224. The van der Waals surface area contributed by atoms with Crippen molar-refractivity contribution in [1.82, 2.24) is 4.72 Å². The molecule has 1 rings (SSSR count). The van der Waals surface area contributed by atoms with Crippen LogP contribution in [-0.2, 0) is 24.3 Å². The maximum absolute atomic E-state index is 12.0. The number of benzene rings is 1. The molecular weight excluding hydrogens is 302 g/mol. The lowest BCUT2D eigenvalue weighted by Crippen LogP contribution is -2.32. The molecule has 0 radical (unpaired) electrons. The fraction of sp³-hybridized carbons (Fsp3) is 0.250. The molecule has 0 spiro atoms. The Morgan fingerprint density at radius 3 is 2.38 bits per heavy atom. The Kier molecular flexibility index (Phi) is 5.42. The first-order valence-corrected chi connectivity index (χ1v) is 7.21. The molecule has 0 aliphatic heterocycles. The van der Waals surface area contributed by atoms with Gasteiger partial charge in [-0.2, -0.15) is 0 Å². The first-order valence-electron chi connectivity index (χ1n) is 5.72. The second-order valence-corrected chi connectivity index (χ2v) is 5.56. The predicted molar refractivity (Wildman–Crippen MR) is 70.0 cm³/mol. The second-order valence-electron chi connectivity index (χ2n) is 3.91. The van der Waals surface area contributed by atoms with Crippen LogP contribution in [0.2, 0.25) is 0 Å². The predicted octanol–water partition coefficient (Wildman–Crippen LogP) is 0.143. The van der Waals surface area contributed by atoms with Gasteiger partial charge in [0.2, 0.25) is 5.91 Å². The van der Waals surface area contributed by atoms with E-state index in [9.17, 15) is 22.8 Å². The van der Waals surface area contributed by atoms with E-state index in [1.54, 1.807) is 4.72 Å². The summed E-state index contributed by atoms with van der Waals surface area (Å²) in [7, 11) is -3.19. The molecule has 0 atom stereocenters. The number of ether oxygens (including phenoxy) is 1. The number of esters is 1. The van der Waals surface area contributed by atoms with Crippen LogP contribution in [-0.4, -0.2) is 38.5 Å². The summed E-state index contributed by atoms with van der Waals surface area (Å²) in [6.07, 6.45) is -0.991. The van der Waals surface area contributed by atoms with Gasteiger partial charge < -0.3 is 9.84 Å². The van der Waals surface area contributed by atoms with Gasteiger partial charge in [0, 0.05) is 6.42 Å². The molecule has 0 bridgehead atoms. The number of carboxylic acids is 1. The number of carbonyl (C=O) groups is 3. The molecule has 1 aromatic carbocycles. The maximum Gasteiger partial charge on any atom is 0.339 e. The van der Waals surface area contributed by atoms with Crippen LogP contribution in [0.1, 0.15) is 23.2 Å². The molecule has 0 aromatic heterocycles. The van der Waals surface area contributed by atoms with E-state index in [1.807, 2.05) is 0 Å². The summed E-state index contributed by atoms with van der Waals surface area (Å²) in [5.74, 6) is -3.07. The maximum atomic E-state index is 12.0. The van der Waals surface area contributed by atoms with Crippen LogP contribution in [0.5, 0.6) is 0 Å². The van der Waals surface area contributed by atoms with Gasteiger partial charge >= 0.3 is 11.9 Å². The van der Waals surface area contributed by atoms with E-state index >= 15 is 0 Å². The highest BCUT2D eigenvalue weighted by atomic mass is 32.2. The van der Waals surface area contributed by atoms with Gasteiger partial charge in [-0.05, 0) is 12.1 Å². The number of hydrogen-bond donors (Lipinski definition) is 2. The monoisotopic (exact) mass is 315 g/mol. The first-order chi connectivity index (χ1) is 9.77. The Labute approximate surface area is 120 Å². The fourth-order valence-electron chi connectivity index (χ4n) is 1.46. The molecule has 0 heterocycles. The third-order valence-electron chi connectivity index (χ3n) is 2.40. The van der Waals surface area contributed by atoms with E-state index in [1.165, 1.54) is 18.2 Å². The number of aliphatic carboxylic acids is 1. The summed E-state index contributed by atoms with van der Waals surface area (Å²) < 4.78 is 30.3. The van der Waals surface area contributed by atoms with Gasteiger partial charge in [0.25, 0.3) is 10.0 Å². The molecule has 9 heteroatoms. The zero-order valence-corrected chi connectivity index (χ0v) is 11.8. The average molecular weight is 315 g/mol. The highest BCUT2D eigenvalue weighted by Crippen LogP contribution is 2.16. The summed E-state index contributed by atoms with van der Waals surface area (Å²) in [4.78, 5) is 32.8. The molecule has 2 N–H and O–H groups in total. The van der Waals surface area contributed by atoms with Gasteiger partial charge in [0.15, 0.2) is 0 Å². The zero-order chi connectivity index (χ0) is 16.0.